The largest absolute Gasteiger partial charge is 0.507 e. The fourth-order valence-corrected chi connectivity index (χ4v) is 3.74. The number of carbonyl (C=O) groups is 2. The molecule has 1 N–H and O–H groups in total. The summed E-state index contributed by atoms with van der Waals surface area (Å²) in [4.78, 5) is 48.5. The number of benzene rings is 2. The van der Waals surface area contributed by atoms with Crippen LogP contribution in [0.2, 0.25) is 0 Å². The van der Waals surface area contributed by atoms with Crippen molar-refractivity contribution in [1.29, 1.82) is 0 Å². The number of carbonyl (C=O) groups excluding carboxylic acids is 2. The summed E-state index contributed by atoms with van der Waals surface area (Å²) >= 11 is 0. The Morgan fingerprint density at radius 2 is 1.76 bits per heavy atom. The molecule has 166 valence electrons. The predicted molar refractivity (Wildman–Crippen MR) is 113 cm³/mol. The molecule has 0 radical (unpaired) electrons. The van der Waals surface area contributed by atoms with Gasteiger partial charge in [-0.2, -0.15) is 0 Å². The molecule has 1 saturated heterocycles. The van der Waals surface area contributed by atoms with E-state index < -0.39 is 38.9 Å². The van der Waals surface area contributed by atoms with Crippen LogP contribution in [0, 0.1) is 20.2 Å². The average molecular weight is 449 g/mol. The van der Waals surface area contributed by atoms with E-state index in [-0.39, 0.29) is 29.0 Å². The summed E-state index contributed by atoms with van der Waals surface area (Å²) in [5.41, 5.74) is -1.20. The lowest BCUT2D eigenvalue weighted by Crippen LogP contribution is -2.29. The number of amides is 1. The Morgan fingerprint density at radius 1 is 1.00 bits per heavy atom. The van der Waals surface area contributed by atoms with E-state index in [2.05, 4.69) is 0 Å². The minimum atomic E-state index is -1.32. The Bertz CT molecular complexity index is 1310. The molecular weight excluding hydrogens is 434 g/mol. The minimum absolute atomic E-state index is 0.000219. The molecule has 1 fully saturated rings. The number of aliphatic hydroxyl groups excluding tert-OH is 1. The molecule has 3 aromatic rings. The first-order valence-corrected chi connectivity index (χ1v) is 9.58. The van der Waals surface area contributed by atoms with Crippen molar-refractivity contribution in [3.63, 3.8) is 0 Å². The van der Waals surface area contributed by atoms with Crippen molar-refractivity contribution >= 4 is 28.8 Å². The summed E-state index contributed by atoms with van der Waals surface area (Å²) < 4.78 is 5.27. The molecule has 4 rings (SSSR count). The fourth-order valence-electron chi connectivity index (χ4n) is 3.74. The molecule has 0 unspecified atom stereocenters. The van der Waals surface area contributed by atoms with Gasteiger partial charge in [-0.05, 0) is 18.2 Å². The molecule has 0 bridgehead atoms. The molecule has 33 heavy (non-hydrogen) atoms. The molecule has 0 spiro atoms. The first-order chi connectivity index (χ1) is 15.8. The van der Waals surface area contributed by atoms with Gasteiger partial charge in [-0.25, -0.2) is 0 Å². The third-order valence-electron chi connectivity index (χ3n) is 5.20. The monoisotopic (exact) mass is 449 g/mol. The average Bonchev–Trinajstić information content (AvgIpc) is 3.41. The maximum Gasteiger partial charge on any atom is 0.296 e. The smallest absolute Gasteiger partial charge is 0.296 e. The first-order valence-electron chi connectivity index (χ1n) is 9.58. The number of nitro benzene ring substituents is 2. The van der Waals surface area contributed by atoms with Crippen molar-refractivity contribution in [1.82, 2.24) is 4.90 Å². The van der Waals surface area contributed by atoms with Crippen LogP contribution < -0.4 is 0 Å². The van der Waals surface area contributed by atoms with Crippen LogP contribution in [-0.4, -0.2) is 31.5 Å². The van der Waals surface area contributed by atoms with Gasteiger partial charge in [-0.1, -0.05) is 24.3 Å². The summed E-state index contributed by atoms with van der Waals surface area (Å²) in [6, 6.07) is 12.2. The molecule has 1 aliphatic heterocycles. The Hall–Kier alpha value is -4.80. The summed E-state index contributed by atoms with van der Waals surface area (Å²) in [6.07, 6.45) is 1.37. The SMILES string of the molecule is O=C1C(=O)N(Cc2ccco2)[C@H](c2ccccc2[N+](=O)[O-])C1=C(O)c1cccc([N+](=O)[O-])c1. The molecule has 1 amide bonds. The van der Waals surface area contributed by atoms with Gasteiger partial charge in [0, 0.05) is 23.8 Å². The van der Waals surface area contributed by atoms with Crippen molar-refractivity contribution < 1.29 is 29.0 Å². The van der Waals surface area contributed by atoms with E-state index in [1.807, 2.05) is 0 Å². The first kappa shape index (κ1) is 21.4. The van der Waals surface area contributed by atoms with Crippen LogP contribution in [0.5, 0.6) is 0 Å². The normalized spacial score (nSPS) is 17.3. The third-order valence-corrected chi connectivity index (χ3v) is 5.20. The molecule has 0 aliphatic carbocycles. The van der Waals surface area contributed by atoms with Gasteiger partial charge in [0.25, 0.3) is 23.1 Å². The Balaban J connectivity index is 1.94. The van der Waals surface area contributed by atoms with Crippen molar-refractivity contribution in [2.75, 3.05) is 0 Å². The van der Waals surface area contributed by atoms with E-state index in [1.165, 1.54) is 48.7 Å². The number of para-hydroxylation sites is 1. The highest BCUT2D eigenvalue weighted by atomic mass is 16.6. The van der Waals surface area contributed by atoms with Gasteiger partial charge in [0.05, 0.1) is 39.8 Å². The number of nitro groups is 2. The summed E-state index contributed by atoms with van der Waals surface area (Å²) in [5, 5.41) is 33.8. The maximum absolute atomic E-state index is 13.0. The van der Waals surface area contributed by atoms with Crippen LogP contribution in [0.4, 0.5) is 11.4 Å². The number of likely N-dealkylation sites (tertiary alicyclic amines) is 1. The molecule has 1 atom stereocenters. The standard InChI is InChI=1S/C22H15N3O8/c26-20(13-5-3-6-14(11-13)24(29)30)18-19(16-8-1-2-9-17(16)25(31)32)23(22(28)21(18)27)12-15-7-4-10-33-15/h1-11,19,26H,12H2/t19-/m1/s1. The second-order valence-corrected chi connectivity index (χ2v) is 7.13. The van der Waals surface area contributed by atoms with Crippen molar-refractivity contribution in [3.8, 4) is 0 Å². The molecule has 2 heterocycles. The molecular formula is C22H15N3O8. The van der Waals surface area contributed by atoms with Crippen LogP contribution in [-0.2, 0) is 16.1 Å². The lowest BCUT2D eigenvalue weighted by Gasteiger charge is -2.24. The number of hydrogen-bond donors (Lipinski definition) is 1. The summed E-state index contributed by atoms with van der Waals surface area (Å²) in [7, 11) is 0. The Morgan fingerprint density at radius 3 is 2.42 bits per heavy atom. The van der Waals surface area contributed by atoms with Gasteiger partial charge < -0.3 is 14.4 Å². The van der Waals surface area contributed by atoms with Crippen LogP contribution in [0.25, 0.3) is 5.76 Å². The Kier molecular flexibility index (Phi) is 5.44. The lowest BCUT2D eigenvalue weighted by molar-refractivity contribution is -0.385. The highest BCUT2D eigenvalue weighted by Crippen LogP contribution is 2.43. The zero-order valence-corrected chi connectivity index (χ0v) is 16.8. The maximum atomic E-state index is 13.0. The molecule has 1 aliphatic rings. The predicted octanol–water partition coefficient (Wildman–Crippen LogP) is 3.72. The number of hydrogen-bond acceptors (Lipinski definition) is 8. The quantitative estimate of drug-likeness (QED) is 0.196. The Labute approximate surface area is 185 Å². The van der Waals surface area contributed by atoms with Gasteiger partial charge in [0.2, 0.25) is 0 Å². The molecule has 0 saturated carbocycles. The third kappa shape index (κ3) is 3.82. The summed E-state index contributed by atoms with van der Waals surface area (Å²) in [6.45, 7) is -0.194. The highest BCUT2D eigenvalue weighted by molar-refractivity contribution is 6.46. The van der Waals surface area contributed by atoms with Crippen LogP contribution in [0.1, 0.15) is 22.9 Å². The number of aliphatic hydroxyl groups is 1. The van der Waals surface area contributed by atoms with Crippen molar-refractivity contribution in [2.45, 2.75) is 12.6 Å². The van der Waals surface area contributed by atoms with Gasteiger partial charge in [-0.15, -0.1) is 0 Å². The molecule has 11 heteroatoms. The van der Waals surface area contributed by atoms with Crippen LogP contribution in [0.15, 0.2) is 76.9 Å². The van der Waals surface area contributed by atoms with E-state index in [0.717, 1.165) is 11.0 Å². The van der Waals surface area contributed by atoms with Gasteiger partial charge in [0.15, 0.2) is 0 Å². The zero-order chi connectivity index (χ0) is 23.7. The van der Waals surface area contributed by atoms with E-state index in [1.54, 1.807) is 12.1 Å². The van der Waals surface area contributed by atoms with Gasteiger partial charge in [0.1, 0.15) is 11.5 Å². The molecule has 1 aromatic heterocycles. The van der Waals surface area contributed by atoms with E-state index in [0.29, 0.717) is 5.76 Å². The van der Waals surface area contributed by atoms with Gasteiger partial charge >= 0.3 is 0 Å². The topological polar surface area (TPSA) is 157 Å². The van der Waals surface area contributed by atoms with Gasteiger partial charge in [-0.3, -0.25) is 29.8 Å². The number of rotatable bonds is 6. The fraction of sp³-hybridized carbons (Fsp3) is 0.0909. The van der Waals surface area contributed by atoms with Crippen molar-refractivity contribution in [2.24, 2.45) is 0 Å². The second kappa shape index (κ2) is 8.38. The van der Waals surface area contributed by atoms with E-state index >= 15 is 0 Å². The van der Waals surface area contributed by atoms with Crippen molar-refractivity contribution in [3.05, 3.63) is 110 Å². The number of furan rings is 1. The lowest BCUT2D eigenvalue weighted by atomic mass is 9.94. The highest BCUT2D eigenvalue weighted by Gasteiger charge is 2.48. The number of nitrogens with zero attached hydrogens (tertiary/aromatic N) is 3. The summed E-state index contributed by atoms with van der Waals surface area (Å²) in [5.74, 6) is -2.44. The number of Topliss-reactive ketones (excluding diaryl/α,β-unsaturated/α-hetero) is 1. The second-order valence-electron chi connectivity index (χ2n) is 7.13. The number of ketones is 1. The van der Waals surface area contributed by atoms with Crippen LogP contribution in [0.3, 0.4) is 0 Å². The van der Waals surface area contributed by atoms with E-state index in [9.17, 15) is 34.9 Å². The number of non-ortho nitro benzene ring substituents is 1. The molecule has 2 aromatic carbocycles. The van der Waals surface area contributed by atoms with E-state index in [4.69, 9.17) is 4.42 Å². The van der Waals surface area contributed by atoms with Crippen LogP contribution >= 0.6 is 0 Å². The zero-order valence-electron chi connectivity index (χ0n) is 16.8. The molecule has 11 nitrogen and oxygen atoms in total. The minimum Gasteiger partial charge on any atom is -0.507 e.